The van der Waals surface area contributed by atoms with Crippen LogP contribution >= 0.6 is 0 Å². The van der Waals surface area contributed by atoms with Gasteiger partial charge in [0.15, 0.2) is 0 Å². The van der Waals surface area contributed by atoms with E-state index in [-0.39, 0.29) is 5.41 Å². The Morgan fingerprint density at radius 3 is 1.87 bits per heavy atom. The second kappa shape index (κ2) is 3.53. The molecule has 2 nitrogen and oxygen atoms in total. The second-order valence-corrected chi connectivity index (χ2v) is 5.67. The summed E-state index contributed by atoms with van der Waals surface area (Å²) in [6.07, 6.45) is 0. The molecule has 0 radical (unpaired) electrons. The number of para-hydroxylation sites is 1. The van der Waals surface area contributed by atoms with E-state index >= 15 is 0 Å². The summed E-state index contributed by atoms with van der Waals surface area (Å²) in [6, 6.07) is 5.78. The summed E-state index contributed by atoms with van der Waals surface area (Å²) in [6.45, 7) is 10.0. The molecule has 2 heteroatoms. The summed E-state index contributed by atoms with van der Waals surface area (Å²) in [5.41, 5.74) is 7.18. The van der Waals surface area contributed by atoms with Gasteiger partial charge in [0.05, 0.1) is 0 Å². The van der Waals surface area contributed by atoms with Gasteiger partial charge >= 0.3 is 0 Å². The molecule has 0 aliphatic carbocycles. The summed E-state index contributed by atoms with van der Waals surface area (Å²) < 4.78 is 0. The third-order valence-corrected chi connectivity index (χ3v) is 2.54. The molecule has 84 valence electrons. The van der Waals surface area contributed by atoms with Crippen LogP contribution in [0.3, 0.4) is 0 Å². The molecule has 0 atom stereocenters. The minimum Gasteiger partial charge on any atom is -0.507 e. The highest BCUT2D eigenvalue weighted by molar-refractivity contribution is 5.46. The molecule has 1 aromatic carbocycles. The maximum absolute atomic E-state index is 10.2. The lowest BCUT2D eigenvalue weighted by Gasteiger charge is -2.26. The number of hydrogen-bond donors (Lipinski definition) is 2. The van der Waals surface area contributed by atoms with E-state index in [4.69, 9.17) is 5.73 Å². The number of phenols is 1. The second-order valence-electron chi connectivity index (χ2n) is 5.67. The smallest absolute Gasteiger partial charge is 0.124 e. The maximum atomic E-state index is 10.2. The van der Waals surface area contributed by atoms with Crippen LogP contribution in [0.15, 0.2) is 18.2 Å². The Labute approximate surface area is 92.1 Å². The van der Waals surface area contributed by atoms with Crippen molar-refractivity contribution < 1.29 is 5.11 Å². The first-order valence-corrected chi connectivity index (χ1v) is 5.26. The molecule has 0 saturated carbocycles. The van der Waals surface area contributed by atoms with Crippen LogP contribution in [-0.2, 0) is 11.0 Å². The molecular weight excluding hydrogens is 186 g/mol. The summed E-state index contributed by atoms with van der Waals surface area (Å²) in [7, 11) is 0. The average molecular weight is 207 g/mol. The Balaban J connectivity index is 3.37. The molecule has 1 aromatic rings. The highest BCUT2D eigenvalue weighted by Gasteiger charge is 2.24. The zero-order valence-electron chi connectivity index (χ0n) is 10.3. The molecule has 0 aromatic heterocycles. The highest BCUT2D eigenvalue weighted by atomic mass is 16.3. The molecule has 0 aliphatic heterocycles. The third kappa shape index (κ3) is 2.51. The predicted molar refractivity (Wildman–Crippen MR) is 64.0 cm³/mol. The van der Waals surface area contributed by atoms with E-state index in [0.29, 0.717) is 5.75 Å². The fourth-order valence-corrected chi connectivity index (χ4v) is 1.67. The SMILES string of the molecule is CC(C)(C)c1cccc(C(C)(C)N)c1O. The van der Waals surface area contributed by atoms with Crippen LogP contribution in [0.5, 0.6) is 5.75 Å². The van der Waals surface area contributed by atoms with Crippen molar-refractivity contribution in [1.29, 1.82) is 0 Å². The average Bonchev–Trinajstić information content (AvgIpc) is 1.99. The van der Waals surface area contributed by atoms with Crippen LogP contribution in [0.2, 0.25) is 0 Å². The van der Waals surface area contributed by atoms with Gasteiger partial charge in [-0.15, -0.1) is 0 Å². The van der Waals surface area contributed by atoms with Crippen molar-refractivity contribution in [2.45, 2.75) is 45.6 Å². The van der Waals surface area contributed by atoms with Gasteiger partial charge in [0, 0.05) is 11.1 Å². The van der Waals surface area contributed by atoms with Crippen molar-refractivity contribution in [3.8, 4) is 5.75 Å². The Morgan fingerprint density at radius 1 is 1.00 bits per heavy atom. The Hall–Kier alpha value is -1.02. The quantitative estimate of drug-likeness (QED) is 0.743. The Bertz CT molecular complexity index is 324. The van der Waals surface area contributed by atoms with Gasteiger partial charge in [0.1, 0.15) is 5.75 Å². The highest BCUT2D eigenvalue weighted by Crippen LogP contribution is 2.36. The fourth-order valence-electron chi connectivity index (χ4n) is 1.67. The van der Waals surface area contributed by atoms with E-state index in [1.807, 2.05) is 32.0 Å². The lowest BCUT2D eigenvalue weighted by molar-refractivity contribution is 0.419. The molecule has 0 saturated heterocycles. The molecule has 0 bridgehead atoms. The lowest BCUT2D eigenvalue weighted by atomic mass is 9.82. The van der Waals surface area contributed by atoms with Gasteiger partial charge in [0.2, 0.25) is 0 Å². The van der Waals surface area contributed by atoms with E-state index in [2.05, 4.69) is 20.8 Å². The van der Waals surface area contributed by atoms with E-state index in [9.17, 15) is 5.11 Å². The van der Waals surface area contributed by atoms with Gasteiger partial charge < -0.3 is 10.8 Å². The molecular formula is C13H21NO. The summed E-state index contributed by atoms with van der Waals surface area (Å²) in [4.78, 5) is 0. The van der Waals surface area contributed by atoms with Gasteiger partial charge in [0.25, 0.3) is 0 Å². The summed E-state index contributed by atoms with van der Waals surface area (Å²) >= 11 is 0. The largest absolute Gasteiger partial charge is 0.507 e. The lowest BCUT2D eigenvalue weighted by Crippen LogP contribution is -2.29. The van der Waals surface area contributed by atoms with E-state index < -0.39 is 5.54 Å². The first kappa shape index (κ1) is 12.1. The van der Waals surface area contributed by atoms with Crippen LogP contribution in [0, 0.1) is 0 Å². The van der Waals surface area contributed by atoms with Crippen LogP contribution in [-0.4, -0.2) is 5.11 Å². The van der Waals surface area contributed by atoms with E-state index in [1.54, 1.807) is 0 Å². The molecule has 0 amide bonds. The van der Waals surface area contributed by atoms with Crippen LogP contribution < -0.4 is 5.73 Å². The zero-order chi connectivity index (χ0) is 11.9. The number of hydrogen-bond acceptors (Lipinski definition) is 2. The predicted octanol–water partition coefficient (Wildman–Crippen LogP) is 2.88. The van der Waals surface area contributed by atoms with Crippen molar-refractivity contribution in [3.05, 3.63) is 29.3 Å². The van der Waals surface area contributed by atoms with Crippen molar-refractivity contribution >= 4 is 0 Å². The van der Waals surface area contributed by atoms with Crippen LogP contribution in [0.25, 0.3) is 0 Å². The minimum absolute atomic E-state index is 0.0641. The number of nitrogens with two attached hydrogens (primary N) is 1. The summed E-state index contributed by atoms with van der Waals surface area (Å²) in [5.74, 6) is 0.331. The third-order valence-electron chi connectivity index (χ3n) is 2.54. The minimum atomic E-state index is -0.509. The van der Waals surface area contributed by atoms with Crippen molar-refractivity contribution in [1.82, 2.24) is 0 Å². The molecule has 3 N–H and O–H groups in total. The molecule has 0 aliphatic rings. The van der Waals surface area contributed by atoms with Gasteiger partial charge in [-0.1, -0.05) is 39.0 Å². The normalized spacial score (nSPS) is 12.9. The van der Waals surface area contributed by atoms with Crippen molar-refractivity contribution in [2.75, 3.05) is 0 Å². The first-order chi connectivity index (χ1) is 6.64. The van der Waals surface area contributed by atoms with Gasteiger partial charge in [-0.3, -0.25) is 0 Å². The van der Waals surface area contributed by atoms with E-state index in [0.717, 1.165) is 11.1 Å². The number of rotatable bonds is 1. The molecule has 0 unspecified atom stereocenters. The van der Waals surface area contributed by atoms with E-state index in [1.165, 1.54) is 0 Å². The number of phenolic OH excluding ortho intramolecular Hbond substituents is 1. The molecule has 0 heterocycles. The Morgan fingerprint density at radius 2 is 1.47 bits per heavy atom. The standard InChI is InChI=1S/C13H21NO/c1-12(2,3)9-7-6-8-10(11(9)15)13(4,5)14/h6-8,15H,14H2,1-5H3. The van der Waals surface area contributed by atoms with Crippen molar-refractivity contribution in [3.63, 3.8) is 0 Å². The maximum Gasteiger partial charge on any atom is 0.124 e. The molecule has 0 spiro atoms. The molecule has 1 rings (SSSR count). The Kier molecular flexibility index (Phi) is 2.83. The summed E-state index contributed by atoms with van der Waals surface area (Å²) in [5, 5.41) is 10.2. The first-order valence-electron chi connectivity index (χ1n) is 5.26. The number of benzene rings is 1. The molecule has 15 heavy (non-hydrogen) atoms. The van der Waals surface area contributed by atoms with Crippen molar-refractivity contribution in [2.24, 2.45) is 5.73 Å². The zero-order valence-corrected chi connectivity index (χ0v) is 10.3. The van der Waals surface area contributed by atoms with Crippen LogP contribution in [0.4, 0.5) is 0 Å². The monoisotopic (exact) mass is 207 g/mol. The van der Waals surface area contributed by atoms with Gasteiger partial charge in [-0.25, -0.2) is 0 Å². The molecule has 0 fully saturated rings. The van der Waals surface area contributed by atoms with Gasteiger partial charge in [-0.2, -0.15) is 0 Å². The number of aromatic hydroxyl groups is 1. The van der Waals surface area contributed by atoms with Gasteiger partial charge in [-0.05, 0) is 24.8 Å². The van der Waals surface area contributed by atoms with Crippen LogP contribution in [0.1, 0.15) is 45.7 Å². The fraction of sp³-hybridized carbons (Fsp3) is 0.538. The topological polar surface area (TPSA) is 46.2 Å².